The molecule has 2 nitrogen and oxygen atoms in total. The molecule has 0 amide bonds. The third kappa shape index (κ3) is 2.94. The first-order valence-electron chi connectivity index (χ1n) is 5.05. The van der Waals surface area contributed by atoms with Crippen molar-refractivity contribution in [2.24, 2.45) is 5.92 Å². The normalized spacial score (nSPS) is 15.4. The van der Waals surface area contributed by atoms with Crippen molar-refractivity contribution in [3.05, 3.63) is 34.3 Å². The van der Waals surface area contributed by atoms with E-state index in [9.17, 15) is 10.2 Å². The lowest BCUT2D eigenvalue weighted by atomic mass is 9.95. The van der Waals surface area contributed by atoms with Gasteiger partial charge < -0.3 is 10.2 Å². The van der Waals surface area contributed by atoms with Gasteiger partial charge in [0.1, 0.15) is 6.10 Å². The molecule has 1 rings (SSSR count). The van der Waals surface area contributed by atoms with E-state index in [2.05, 4.69) is 0 Å². The van der Waals surface area contributed by atoms with E-state index in [4.69, 9.17) is 11.6 Å². The van der Waals surface area contributed by atoms with Gasteiger partial charge in [0, 0.05) is 10.6 Å². The molecule has 1 aromatic carbocycles. The van der Waals surface area contributed by atoms with Gasteiger partial charge in [-0.25, -0.2) is 0 Å². The number of hydrogen-bond donors (Lipinski definition) is 2. The fourth-order valence-electron chi connectivity index (χ4n) is 1.42. The summed E-state index contributed by atoms with van der Waals surface area (Å²) in [5, 5.41) is 20.1. The molecule has 0 saturated carbocycles. The van der Waals surface area contributed by atoms with Crippen LogP contribution in [0.5, 0.6) is 0 Å². The summed E-state index contributed by atoms with van der Waals surface area (Å²) >= 11 is 6.00. The second-order valence-corrected chi connectivity index (χ2v) is 4.61. The summed E-state index contributed by atoms with van der Waals surface area (Å²) in [5.74, 6) is -0.00244. The third-order valence-electron chi connectivity index (χ3n) is 2.48. The number of hydrogen-bond acceptors (Lipinski definition) is 2. The molecule has 0 fully saturated rings. The molecule has 2 atom stereocenters. The predicted octanol–water partition coefficient (Wildman–Crippen LogP) is 2.70. The minimum absolute atomic E-state index is 0.00244. The van der Waals surface area contributed by atoms with E-state index in [1.807, 2.05) is 26.8 Å². The van der Waals surface area contributed by atoms with E-state index in [0.717, 1.165) is 5.56 Å². The Morgan fingerprint density at radius 3 is 2.27 bits per heavy atom. The maximum absolute atomic E-state index is 9.90. The lowest BCUT2D eigenvalue weighted by Crippen LogP contribution is -2.24. The molecule has 2 N–H and O–H groups in total. The van der Waals surface area contributed by atoms with Crippen LogP contribution < -0.4 is 0 Å². The van der Waals surface area contributed by atoms with E-state index in [-0.39, 0.29) is 5.92 Å². The molecule has 3 heteroatoms. The zero-order valence-corrected chi connectivity index (χ0v) is 9.99. The summed E-state index contributed by atoms with van der Waals surface area (Å²) in [6.45, 7) is 5.65. The van der Waals surface area contributed by atoms with Crippen LogP contribution in [0.4, 0.5) is 0 Å². The highest BCUT2D eigenvalue weighted by atomic mass is 35.5. The molecule has 1 aromatic rings. The molecule has 0 aliphatic heterocycles. The SMILES string of the molecule is Cc1ccc(C(O)C(O)C(C)C)c(Cl)c1. The second-order valence-electron chi connectivity index (χ2n) is 4.20. The monoisotopic (exact) mass is 228 g/mol. The van der Waals surface area contributed by atoms with Crippen LogP contribution >= 0.6 is 11.6 Å². The molecule has 0 bridgehead atoms. The summed E-state index contributed by atoms with van der Waals surface area (Å²) in [5.41, 5.74) is 1.62. The number of aliphatic hydroxyl groups excluding tert-OH is 2. The number of benzene rings is 1. The van der Waals surface area contributed by atoms with Crippen molar-refractivity contribution in [3.63, 3.8) is 0 Å². The summed E-state index contributed by atoms with van der Waals surface area (Å²) in [7, 11) is 0. The second kappa shape index (κ2) is 4.97. The van der Waals surface area contributed by atoms with Gasteiger partial charge in [-0.1, -0.05) is 37.6 Å². The maximum atomic E-state index is 9.90. The average molecular weight is 229 g/mol. The van der Waals surface area contributed by atoms with Crippen LogP contribution in [0.2, 0.25) is 5.02 Å². The van der Waals surface area contributed by atoms with Gasteiger partial charge >= 0.3 is 0 Å². The van der Waals surface area contributed by atoms with Crippen LogP contribution in [0.25, 0.3) is 0 Å². The summed E-state index contributed by atoms with van der Waals surface area (Å²) in [6.07, 6.45) is -1.71. The Bertz CT molecular complexity index is 336. The van der Waals surface area contributed by atoms with Crippen molar-refractivity contribution in [2.75, 3.05) is 0 Å². The molecule has 0 aliphatic rings. The fraction of sp³-hybridized carbons (Fsp3) is 0.500. The number of aliphatic hydroxyl groups is 2. The molecule has 0 spiro atoms. The van der Waals surface area contributed by atoms with Crippen LogP contribution in [-0.2, 0) is 0 Å². The Balaban J connectivity index is 2.96. The number of aryl methyl sites for hydroxylation is 1. The third-order valence-corrected chi connectivity index (χ3v) is 2.81. The highest BCUT2D eigenvalue weighted by Gasteiger charge is 2.23. The Morgan fingerprint density at radius 1 is 1.20 bits per heavy atom. The summed E-state index contributed by atoms with van der Waals surface area (Å²) in [6, 6.07) is 5.42. The van der Waals surface area contributed by atoms with Gasteiger partial charge in [-0.05, 0) is 24.5 Å². The van der Waals surface area contributed by atoms with Crippen molar-refractivity contribution in [2.45, 2.75) is 33.0 Å². The molecule has 0 radical (unpaired) electrons. The zero-order chi connectivity index (χ0) is 11.6. The molecule has 15 heavy (non-hydrogen) atoms. The van der Waals surface area contributed by atoms with Crippen molar-refractivity contribution in [1.29, 1.82) is 0 Å². The molecule has 0 saturated heterocycles. The van der Waals surface area contributed by atoms with Gasteiger partial charge in [-0.15, -0.1) is 0 Å². The van der Waals surface area contributed by atoms with Gasteiger partial charge in [0.2, 0.25) is 0 Å². The summed E-state index contributed by atoms with van der Waals surface area (Å²) < 4.78 is 0. The van der Waals surface area contributed by atoms with Gasteiger partial charge in [0.25, 0.3) is 0 Å². The molecule has 0 aliphatic carbocycles. The molecule has 84 valence electrons. The minimum Gasteiger partial charge on any atom is -0.390 e. The minimum atomic E-state index is -0.918. The quantitative estimate of drug-likeness (QED) is 0.835. The molecule has 2 unspecified atom stereocenters. The Labute approximate surface area is 95.5 Å². The van der Waals surface area contributed by atoms with E-state index >= 15 is 0 Å². The Morgan fingerprint density at radius 2 is 1.80 bits per heavy atom. The lowest BCUT2D eigenvalue weighted by Gasteiger charge is -2.22. The van der Waals surface area contributed by atoms with Crippen molar-refractivity contribution < 1.29 is 10.2 Å². The van der Waals surface area contributed by atoms with Gasteiger partial charge in [-0.3, -0.25) is 0 Å². The van der Waals surface area contributed by atoms with Crippen LogP contribution in [0.3, 0.4) is 0 Å². The molecular weight excluding hydrogens is 212 g/mol. The fourth-order valence-corrected chi connectivity index (χ4v) is 1.77. The first kappa shape index (κ1) is 12.5. The first-order chi connectivity index (χ1) is 6.93. The molecular formula is C12H17ClO2. The largest absolute Gasteiger partial charge is 0.390 e. The van der Waals surface area contributed by atoms with Crippen molar-refractivity contribution >= 4 is 11.6 Å². The first-order valence-corrected chi connectivity index (χ1v) is 5.43. The zero-order valence-electron chi connectivity index (χ0n) is 9.24. The standard InChI is InChI=1S/C12H17ClO2/c1-7(2)11(14)12(15)9-5-4-8(3)6-10(9)13/h4-7,11-12,14-15H,1-3H3. The van der Waals surface area contributed by atoms with Crippen LogP contribution in [-0.4, -0.2) is 16.3 Å². The van der Waals surface area contributed by atoms with E-state index in [0.29, 0.717) is 10.6 Å². The molecule has 0 heterocycles. The van der Waals surface area contributed by atoms with Gasteiger partial charge in [0.05, 0.1) is 6.10 Å². The van der Waals surface area contributed by atoms with E-state index in [1.54, 1.807) is 12.1 Å². The Hall–Kier alpha value is -0.570. The highest BCUT2D eigenvalue weighted by molar-refractivity contribution is 6.31. The van der Waals surface area contributed by atoms with Gasteiger partial charge in [-0.2, -0.15) is 0 Å². The smallest absolute Gasteiger partial charge is 0.107 e. The van der Waals surface area contributed by atoms with Crippen molar-refractivity contribution in [3.8, 4) is 0 Å². The Kier molecular flexibility index (Phi) is 4.14. The maximum Gasteiger partial charge on any atom is 0.107 e. The van der Waals surface area contributed by atoms with Crippen molar-refractivity contribution in [1.82, 2.24) is 0 Å². The van der Waals surface area contributed by atoms with Gasteiger partial charge in [0.15, 0.2) is 0 Å². The van der Waals surface area contributed by atoms with Crippen LogP contribution in [0, 0.1) is 12.8 Å². The molecule has 0 aromatic heterocycles. The van der Waals surface area contributed by atoms with Crippen LogP contribution in [0.1, 0.15) is 31.1 Å². The predicted molar refractivity (Wildman–Crippen MR) is 62.0 cm³/mol. The van der Waals surface area contributed by atoms with E-state index in [1.165, 1.54) is 0 Å². The number of rotatable bonds is 3. The number of halogens is 1. The highest BCUT2D eigenvalue weighted by Crippen LogP contribution is 2.28. The average Bonchev–Trinajstić information content (AvgIpc) is 2.15. The van der Waals surface area contributed by atoms with E-state index < -0.39 is 12.2 Å². The lowest BCUT2D eigenvalue weighted by molar-refractivity contribution is -0.00934. The summed E-state index contributed by atoms with van der Waals surface area (Å²) in [4.78, 5) is 0. The topological polar surface area (TPSA) is 40.5 Å². The van der Waals surface area contributed by atoms with Crippen LogP contribution in [0.15, 0.2) is 18.2 Å².